The Morgan fingerprint density at radius 2 is 1.92 bits per heavy atom. The molecular formula is C10H22N2. The van der Waals surface area contributed by atoms with Crippen molar-refractivity contribution < 1.29 is 0 Å². The van der Waals surface area contributed by atoms with Gasteiger partial charge in [0.2, 0.25) is 0 Å². The van der Waals surface area contributed by atoms with Crippen LogP contribution < -0.4 is 5.32 Å². The van der Waals surface area contributed by atoms with Crippen molar-refractivity contribution in [2.24, 2.45) is 11.8 Å². The fraction of sp³-hybridized carbons (Fsp3) is 1.00. The highest BCUT2D eigenvalue weighted by Gasteiger charge is 2.24. The van der Waals surface area contributed by atoms with Crippen LogP contribution >= 0.6 is 0 Å². The summed E-state index contributed by atoms with van der Waals surface area (Å²) in [6.07, 6.45) is 0. The molecule has 72 valence electrons. The van der Waals surface area contributed by atoms with E-state index in [0.717, 1.165) is 11.8 Å². The van der Waals surface area contributed by atoms with Crippen molar-refractivity contribution in [2.45, 2.75) is 26.8 Å². The van der Waals surface area contributed by atoms with Crippen molar-refractivity contribution in [1.82, 2.24) is 10.2 Å². The van der Waals surface area contributed by atoms with Gasteiger partial charge in [-0.2, -0.15) is 0 Å². The van der Waals surface area contributed by atoms with Gasteiger partial charge in [-0.3, -0.25) is 0 Å². The van der Waals surface area contributed by atoms with Crippen LogP contribution in [0.4, 0.5) is 0 Å². The normalized spacial score (nSPS) is 21.5. The van der Waals surface area contributed by atoms with Gasteiger partial charge in [-0.15, -0.1) is 0 Å². The van der Waals surface area contributed by atoms with Crippen molar-refractivity contribution in [3.05, 3.63) is 0 Å². The molecule has 1 saturated heterocycles. The maximum absolute atomic E-state index is 3.33. The van der Waals surface area contributed by atoms with E-state index in [0.29, 0.717) is 6.04 Å². The third-order valence-corrected chi connectivity index (χ3v) is 3.08. The molecule has 2 nitrogen and oxygen atoms in total. The molecule has 1 unspecified atom stereocenters. The Kier molecular flexibility index (Phi) is 3.53. The van der Waals surface area contributed by atoms with Crippen LogP contribution in [0.3, 0.4) is 0 Å². The largest absolute Gasteiger partial charge is 0.316 e. The van der Waals surface area contributed by atoms with Crippen molar-refractivity contribution in [1.29, 1.82) is 0 Å². The fourth-order valence-corrected chi connectivity index (χ4v) is 1.53. The molecule has 0 radical (unpaired) electrons. The van der Waals surface area contributed by atoms with E-state index in [4.69, 9.17) is 0 Å². The van der Waals surface area contributed by atoms with Gasteiger partial charge in [0, 0.05) is 12.6 Å². The second kappa shape index (κ2) is 4.24. The minimum Gasteiger partial charge on any atom is -0.316 e. The zero-order valence-electron chi connectivity index (χ0n) is 8.80. The highest BCUT2D eigenvalue weighted by Crippen LogP contribution is 2.17. The molecule has 1 N–H and O–H groups in total. The van der Waals surface area contributed by atoms with E-state index < -0.39 is 0 Å². The number of hydrogen-bond acceptors (Lipinski definition) is 2. The Morgan fingerprint density at radius 1 is 1.33 bits per heavy atom. The molecule has 0 aliphatic carbocycles. The Hall–Kier alpha value is -0.0800. The van der Waals surface area contributed by atoms with Gasteiger partial charge < -0.3 is 10.2 Å². The average Bonchev–Trinajstić information content (AvgIpc) is 1.82. The van der Waals surface area contributed by atoms with E-state index in [9.17, 15) is 0 Å². The third kappa shape index (κ3) is 2.46. The van der Waals surface area contributed by atoms with Crippen LogP contribution in [0.25, 0.3) is 0 Å². The zero-order chi connectivity index (χ0) is 9.14. The third-order valence-electron chi connectivity index (χ3n) is 3.08. The summed E-state index contributed by atoms with van der Waals surface area (Å²) in [5, 5.41) is 3.33. The lowest BCUT2D eigenvalue weighted by molar-refractivity contribution is 0.165. The first-order valence-corrected chi connectivity index (χ1v) is 5.02. The van der Waals surface area contributed by atoms with Crippen LogP contribution in [0.2, 0.25) is 0 Å². The molecule has 1 fully saturated rings. The molecule has 12 heavy (non-hydrogen) atoms. The van der Waals surface area contributed by atoms with Crippen molar-refractivity contribution >= 4 is 0 Å². The van der Waals surface area contributed by atoms with Gasteiger partial charge in [-0.05, 0) is 45.8 Å². The monoisotopic (exact) mass is 170 g/mol. The summed E-state index contributed by atoms with van der Waals surface area (Å²) in [6, 6.07) is 0.681. The lowest BCUT2D eigenvalue weighted by atomic mass is 9.88. The quantitative estimate of drug-likeness (QED) is 0.681. The Balaban J connectivity index is 2.20. The second-order valence-electron chi connectivity index (χ2n) is 4.43. The Labute approximate surface area is 76.3 Å². The highest BCUT2D eigenvalue weighted by atomic mass is 15.1. The lowest BCUT2D eigenvalue weighted by Gasteiger charge is -2.35. The minimum atomic E-state index is 0.681. The number of hydrogen-bond donors (Lipinski definition) is 1. The molecule has 1 aliphatic heterocycles. The molecule has 0 saturated carbocycles. The molecule has 0 amide bonds. The van der Waals surface area contributed by atoms with Gasteiger partial charge in [0.1, 0.15) is 0 Å². The van der Waals surface area contributed by atoms with E-state index in [2.05, 4.69) is 38.0 Å². The first-order valence-electron chi connectivity index (χ1n) is 5.02. The molecule has 1 heterocycles. The molecule has 1 atom stereocenters. The van der Waals surface area contributed by atoms with Crippen LogP contribution in [0.1, 0.15) is 20.8 Å². The average molecular weight is 170 g/mol. The van der Waals surface area contributed by atoms with Crippen LogP contribution in [0.15, 0.2) is 0 Å². The summed E-state index contributed by atoms with van der Waals surface area (Å²) < 4.78 is 0. The van der Waals surface area contributed by atoms with E-state index in [1.165, 1.54) is 19.6 Å². The van der Waals surface area contributed by atoms with E-state index >= 15 is 0 Å². The van der Waals surface area contributed by atoms with E-state index in [1.54, 1.807) is 0 Å². The summed E-state index contributed by atoms with van der Waals surface area (Å²) >= 11 is 0. The highest BCUT2D eigenvalue weighted by molar-refractivity contribution is 4.81. The molecule has 2 heteroatoms. The van der Waals surface area contributed by atoms with Gasteiger partial charge >= 0.3 is 0 Å². The molecule has 0 spiro atoms. The SMILES string of the molecule is CC(CN(C)C(C)C)C1CNC1. The van der Waals surface area contributed by atoms with Gasteiger partial charge in [0.05, 0.1) is 0 Å². The van der Waals surface area contributed by atoms with Gasteiger partial charge in [0.15, 0.2) is 0 Å². The topological polar surface area (TPSA) is 15.3 Å². The van der Waals surface area contributed by atoms with Crippen molar-refractivity contribution in [3.8, 4) is 0 Å². The molecule has 0 bridgehead atoms. The first kappa shape index (κ1) is 10.0. The zero-order valence-corrected chi connectivity index (χ0v) is 8.80. The summed E-state index contributed by atoms with van der Waals surface area (Å²) in [5.74, 6) is 1.77. The number of rotatable bonds is 4. The van der Waals surface area contributed by atoms with Gasteiger partial charge in [0.25, 0.3) is 0 Å². The van der Waals surface area contributed by atoms with Crippen LogP contribution in [0, 0.1) is 11.8 Å². The smallest absolute Gasteiger partial charge is 0.00356 e. The standard InChI is InChI=1S/C10H22N2/c1-8(2)12(4)7-9(3)10-5-11-6-10/h8-11H,5-7H2,1-4H3. The van der Waals surface area contributed by atoms with Gasteiger partial charge in [-0.1, -0.05) is 6.92 Å². The Morgan fingerprint density at radius 3 is 2.25 bits per heavy atom. The van der Waals surface area contributed by atoms with Crippen LogP contribution in [-0.4, -0.2) is 37.6 Å². The van der Waals surface area contributed by atoms with Crippen LogP contribution in [0.5, 0.6) is 0 Å². The maximum atomic E-state index is 3.33. The molecule has 0 aromatic rings. The van der Waals surface area contributed by atoms with Crippen molar-refractivity contribution in [3.63, 3.8) is 0 Å². The molecule has 0 aromatic carbocycles. The number of nitrogens with zero attached hydrogens (tertiary/aromatic N) is 1. The van der Waals surface area contributed by atoms with E-state index in [-0.39, 0.29) is 0 Å². The minimum absolute atomic E-state index is 0.681. The maximum Gasteiger partial charge on any atom is 0.00356 e. The summed E-state index contributed by atoms with van der Waals surface area (Å²) in [7, 11) is 2.22. The van der Waals surface area contributed by atoms with Gasteiger partial charge in [-0.25, -0.2) is 0 Å². The van der Waals surface area contributed by atoms with Crippen LogP contribution in [-0.2, 0) is 0 Å². The lowest BCUT2D eigenvalue weighted by Crippen LogP contribution is -2.48. The van der Waals surface area contributed by atoms with E-state index in [1.807, 2.05) is 0 Å². The Bertz CT molecular complexity index is 130. The number of nitrogens with one attached hydrogen (secondary N) is 1. The predicted molar refractivity (Wildman–Crippen MR) is 53.3 cm³/mol. The molecule has 1 rings (SSSR count). The first-order chi connectivity index (χ1) is 5.61. The second-order valence-corrected chi connectivity index (χ2v) is 4.43. The predicted octanol–water partition coefficient (Wildman–Crippen LogP) is 1.18. The molecule has 0 aromatic heterocycles. The summed E-state index contributed by atoms with van der Waals surface area (Å²) in [4.78, 5) is 2.43. The molecular weight excluding hydrogens is 148 g/mol. The van der Waals surface area contributed by atoms with Crippen molar-refractivity contribution in [2.75, 3.05) is 26.7 Å². The fourth-order valence-electron chi connectivity index (χ4n) is 1.53. The molecule has 1 aliphatic rings. The summed E-state index contributed by atoms with van der Waals surface area (Å²) in [6.45, 7) is 10.6. The summed E-state index contributed by atoms with van der Waals surface area (Å²) in [5.41, 5.74) is 0.